The van der Waals surface area contributed by atoms with Gasteiger partial charge < -0.3 is 25.3 Å². The van der Waals surface area contributed by atoms with Crippen molar-refractivity contribution in [2.75, 3.05) is 12.4 Å². The molecule has 54 heavy (non-hydrogen) atoms. The van der Waals surface area contributed by atoms with Crippen LogP contribution in [0.3, 0.4) is 0 Å². The van der Waals surface area contributed by atoms with Crippen LogP contribution in [0.5, 0.6) is 5.75 Å². The minimum atomic E-state index is -0.571. The average Bonchev–Trinajstić information content (AvgIpc) is 3.90. The van der Waals surface area contributed by atoms with Crippen LogP contribution in [0.15, 0.2) is 60.7 Å². The molecule has 0 aliphatic rings. The molecule has 0 spiro atoms. The van der Waals surface area contributed by atoms with Gasteiger partial charge in [0.1, 0.15) is 17.1 Å². The van der Waals surface area contributed by atoms with E-state index >= 15 is 0 Å². The highest BCUT2D eigenvalue weighted by molar-refractivity contribution is 6.12. The molecule has 0 aliphatic carbocycles. The number of rotatable bonds is 12. The van der Waals surface area contributed by atoms with Gasteiger partial charge in [-0.1, -0.05) is 12.2 Å². The van der Waals surface area contributed by atoms with Crippen molar-refractivity contribution in [3.05, 3.63) is 94.5 Å². The number of allylic oxidation sites excluding steroid dienone is 2. The number of aryl methyl sites for hydroxylation is 5. The summed E-state index contributed by atoms with van der Waals surface area (Å²) in [5, 5.41) is 13.6. The van der Waals surface area contributed by atoms with Gasteiger partial charge in [0, 0.05) is 48.1 Å². The van der Waals surface area contributed by atoms with Crippen LogP contribution in [0.2, 0.25) is 0 Å². The molecule has 7 aromatic rings. The molecule has 0 fully saturated rings. The number of hydrogen-bond acceptors (Lipinski definition) is 8. The number of ether oxygens (including phenoxy) is 1. The van der Waals surface area contributed by atoms with Crippen molar-refractivity contribution in [3.8, 4) is 17.1 Å². The van der Waals surface area contributed by atoms with Gasteiger partial charge in [-0.2, -0.15) is 10.2 Å². The average molecular weight is 728 g/mol. The fraction of sp³-hybridized carbons (Fsp3) is 0.256. The molecule has 276 valence electrons. The van der Waals surface area contributed by atoms with E-state index in [1.165, 1.54) is 0 Å². The smallest absolute Gasteiger partial charge is 0.276 e. The lowest BCUT2D eigenvalue weighted by molar-refractivity contribution is 0.0992. The van der Waals surface area contributed by atoms with E-state index < -0.39 is 11.8 Å². The van der Waals surface area contributed by atoms with Crippen molar-refractivity contribution in [1.82, 2.24) is 38.7 Å². The van der Waals surface area contributed by atoms with Crippen LogP contribution in [0.25, 0.3) is 44.4 Å². The van der Waals surface area contributed by atoms with Crippen molar-refractivity contribution in [2.24, 2.45) is 11.5 Å². The zero-order valence-corrected chi connectivity index (χ0v) is 31.0. The summed E-state index contributed by atoms with van der Waals surface area (Å²) in [5.41, 5.74) is 19.1. The summed E-state index contributed by atoms with van der Waals surface area (Å²) in [6.45, 7) is 11.5. The molecule has 3 amide bonds. The predicted octanol–water partition coefficient (Wildman–Crippen LogP) is 5.28. The van der Waals surface area contributed by atoms with Gasteiger partial charge in [-0.05, 0) is 88.7 Å². The second-order valence-corrected chi connectivity index (χ2v) is 13.1. The topological polar surface area (TPSA) is 196 Å². The monoisotopic (exact) mass is 727 g/mol. The van der Waals surface area contributed by atoms with Gasteiger partial charge >= 0.3 is 0 Å². The molecule has 2 aromatic carbocycles. The zero-order chi connectivity index (χ0) is 38.4. The number of nitrogens with one attached hydrogen (secondary N) is 1. The quantitative estimate of drug-likeness (QED) is 0.141. The third-order valence-corrected chi connectivity index (χ3v) is 9.45. The van der Waals surface area contributed by atoms with Gasteiger partial charge in [0.2, 0.25) is 17.8 Å². The highest BCUT2D eigenvalue weighted by Crippen LogP contribution is 2.37. The summed E-state index contributed by atoms with van der Waals surface area (Å²) in [5.74, 6) is -0.710. The lowest BCUT2D eigenvalue weighted by atomic mass is 10.1. The van der Waals surface area contributed by atoms with E-state index in [1.54, 1.807) is 42.1 Å². The van der Waals surface area contributed by atoms with E-state index in [-0.39, 0.29) is 5.91 Å². The second kappa shape index (κ2) is 14.0. The maximum atomic E-state index is 13.6. The van der Waals surface area contributed by atoms with E-state index in [9.17, 15) is 14.4 Å². The number of primary amides is 2. The maximum Gasteiger partial charge on any atom is 0.276 e. The maximum absolute atomic E-state index is 13.6. The number of amides is 3. The van der Waals surface area contributed by atoms with Gasteiger partial charge in [0.25, 0.3) is 5.91 Å². The summed E-state index contributed by atoms with van der Waals surface area (Å²) >= 11 is 0. The number of nitrogens with two attached hydrogens (primary N) is 2. The Hall–Kier alpha value is -6.77. The molecule has 0 unspecified atom stereocenters. The minimum Gasteiger partial charge on any atom is -0.495 e. The fourth-order valence-corrected chi connectivity index (χ4v) is 7.06. The summed E-state index contributed by atoms with van der Waals surface area (Å²) in [6.07, 6.45) is 3.97. The molecular formula is C39H41N11O4. The number of nitrogens with zero attached hydrogens (tertiary/aromatic N) is 8. The SMILES string of the molecule is CCn1nc(C)cc1C(=O)Nc1nc2cc(C(N)=O)cc(C)c2n1CC=CCn1c2nc(-c3cc(C)nn3CC)ccc2c2cc(C(N)=O)cc(OC)c21. The first-order valence-corrected chi connectivity index (χ1v) is 17.6. The van der Waals surface area contributed by atoms with E-state index in [0.717, 1.165) is 50.1 Å². The number of imidazole rings is 1. The number of aromatic nitrogens is 8. The first-order valence-electron chi connectivity index (χ1n) is 17.6. The van der Waals surface area contributed by atoms with Crippen LogP contribution in [0, 0.1) is 20.8 Å². The van der Waals surface area contributed by atoms with Crippen molar-refractivity contribution < 1.29 is 19.1 Å². The summed E-state index contributed by atoms with van der Waals surface area (Å²) in [4.78, 5) is 47.9. The van der Waals surface area contributed by atoms with E-state index in [4.69, 9.17) is 26.2 Å². The lowest BCUT2D eigenvalue weighted by Gasteiger charge is -2.11. The molecule has 5 N–H and O–H groups in total. The van der Waals surface area contributed by atoms with Crippen molar-refractivity contribution in [1.29, 1.82) is 0 Å². The Morgan fingerprint density at radius 2 is 1.44 bits per heavy atom. The molecule has 15 heteroatoms. The third-order valence-electron chi connectivity index (χ3n) is 9.45. The van der Waals surface area contributed by atoms with E-state index in [1.807, 2.05) is 78.8 Å². The van der Waals surface area contributed by atoms with Gasteiger partial charge in [0.15, 0.2) is 0 Å². The number of benzene rings is 2. The first kappa shape index (κ1) is 35.6. The van der Waals surface area contributed by atoms with E-state index in [0.29, 0.717) is 65.9 Å². The van der Waals surface area contributed by atoms with E-state index in [2.05, 4.69) is 15.5 Å². The number of methoxy groups -OCH3 is 1. The third kappa shape index (κ3) is 6.22. The van der Waals surface area contributed by atoms with Crippen LogP contribution in [0.4, 0.5) is 5.95 Å². The highest BCUT2D eigenvalue weighted by Gasteiger charge is 2.22. The Kier molecular flexibility index (Phi) is 9.23. The molecule has 0 atom stereocenters. The van der Waals surface area contributed by atoms with Gasteiger partial charge in [-0.15, -0.1) is 0 Å². The van der Waals surface area contributed by atoms with Crippen molar-refractivity contribution in [3.63, 3.8) is 0 Å². The number of pyridine rings is 1. The Balaban J connectivity index is 1.31. The predicted molar refractivity (Wildman–Crippen MR) is 207 cm³/mol. The Labute approximate surface area is 310 Å². The number of carbonyl (C=O) groups is 3. The van der Waals surface area contributed by atoms with Crippen LogP contribution in [-0.2, 0) is 26.2 Å². The first-order chi connectivity index (χ1) is 25.9. The summed E-state index contributed by atoms with van der Waals surface area (Å²) in [7, 11) is 1.56. The number of hydrogen-bond donors (Lipinski definition) is 3. The molecule has 0 radical (unpaired) electrons. The van der Waals surface area contributed by atoms with Gasteiger partial charge in [0.05, 0.1) is 46.4 Å². The normalized spacial score (nSPS) is 11.7. The zero-order valence-electron chi connectivity index (χ0n) is 31.0. The molecule has 15 nitrogen and oxygen atoms in total. The van der Waals surface area contributed by atoms with Crippen LogP contribution < -0.4 is 21.5 Å². The molecule has 5 heterocycles. The van der Waals surface area contributed by atoms with Crippen LogP contribution >= 0.6 is 0 Å². The largest absolute Gasteiger partial charge is 0.495 e. The molecule has 7 rings (SSSR count). The number of fused-ring (bicyclic) bond motifs is 4. The lowest BCUT2D eigenvalue weighted by Crippen LogP contribution is -2.20. The molecule has 5 aromatic heterocycles. The van der Waals surface area contributed by atoms with Gasteiger partial charge in [-0.25, -0.2) is 9.97 Å². The molecule has 0 aliphatic heterocycles. The molecule has 0 saturated heterocycles. The standard InChI is InChI=1S/C39H41N11O4/c1-7-49-30(16-22(4)45-49)28-12-11-26-27-18-25(36(41)52)20-32(54-6)34(27)47(37(26)42-28)13-9-10-14-48-33-21(3)15-24(35(40)51)19-29(33)43-39(48)44-38(53)31-17-23(5)46-50(31)8-2/h9-12,15-20H,7-8,13-14H2,1-6H3,(H2,40,51)(H2,41,52)(H,43,44,53). The Bertz CT molecular complexity index is 2670. The van der Waals surface area contributed by atoms with Crippen LogP contribution in [-0.4, -0.2) is 63.5 Å². The van der Waals surface area contributed by atoms with Crippen molar-refractivity contribution in [2.45, 2.75) is 60.8 Å². The van der Waals surface area contributed by atoms with Crippen LogP contribution in [0.1, 0.15) is 62.0 Å². The second-order valence-electron chi connectivity index (χ2n) is 13.1. The molecule has 0 bridgehead atoms. The Morgan fingerprint density at radius 3 is 2.13 bits per heavy atom. The van der Waals surface area contributed by atoms with Crippen molar-refractivity contribution >= 4 is 56.6 Å². The Morgan fingerprint density at radius 1 is 0.778 bits per heavy atom. The van der Waals surface area contributed by atoms with Gasteiger partial charge in [-0.3, -0.25) is 29.1 Å². The highest BCUT2D eigenvalue weighted by atomic mass is 16.5. The molecule has 0 saturated carbocycles. The number of anilines is 1. The number of carbonyl (C=O) groups excluding carboxylic acids is 3. The fourth-order valence-electron chi connectivity index (χ4n) is 7.06. The summed E-state index contributed by atoms with van der Waals surface area (Å²) < 4.78 is 13.3. The summed E-state index contributed by atoms with van der Waals surface area (Å²) in [6, 6.07) is 14.4. The molecular weight excluding hydrogens is 687 g/mol. The minimum absolute atomic E-state index is 0.303.